The highest BCUT2D eigenvalue weighted by Gasteiger charge is 1.98. The van der Waals surface area contributed by atoms with Crippen molar-refractivity contribution < 1.29 is 4.74 Å². The Morgan fingerprint density at radius 1 is 0.944 bits per heavy atom. The highest BCUT2D eigenvalue weighted by atomic mass is 16.5. The lowest BCUT2D eigenvalue weighted by molar-refractivity contribution is 0.482. The first-order valence-corrected chi connectivity index (χ1v) is 6.29. The Morgan fingerprint density at radius 3 is 2.17 bits per heavy atom. The summed E-state index contributed by atoms with van der Waals surface area (Å²) < 4.78 is 5.75. The summed E-state index contributed by atoms with van der Waals surface area (Å²) in [6, 6.07) is 18.0. The summed E-state index contributed by atoms with van der Waals surface area (Å²) in [4.78, 5) is 0. The third kappa shape index (κ3) is 3.24. The molecule has 2 rings (SSSR count). The third-order valence-electron chi connectivity index (χ3n) is 2.80. The molecule has 0 saturated heterocycles. The van der Waals surface area contributed by atoms with Gasteiger partial charge in [0.2, 0.25) is 0 Å². The van der Waals surface area contributed by atoms with Gasteiger partial charge in [-0.25, -0.2) is 0 Å². The van der Waals surface area contributed by atoms with Gasteiger partial charge in [-0.05, 0) is 48.7 Å². The normalized spacial score (nSPS) is 11.3. The molecule has 1 heteroatoms. The third-order valence-corrected chi connectivity index (χ3v) is 2.80. The number of hydrogen-bond acceptors (Lipinski definition) is 1. The SMILES string of the molecule is CCC=C(C)c1ccc(Oc2ccccc2)cc1. The van der Waals surface area contributed by atoms with Crippen LogP contribution in [-0.2, 0) is 0 Å². The van der Waals surface area contributed by atoms with Crippen molar-refractivity contribution in [3.8, 4) is 11.5 Å². The topological polar surface area (TPSA) is 9.23 Å². The molecule has 0 heterocycles. The zero-order valence-electron chi connectivity index (χ0n) is 10.9. The molecular formula is C17H18O. The Morgan fingerprint density at radius 2 is 1.56 bits per heavy atom. The molecule has 0 aliphatic carbocycles. The van der Waals surface area contributed by atoms with Gasteiger partial charge in [0.15, 0.2) is 0 Å². The second-order valence-corrected chi connectivity index (χ2v) is 4.23. The van der Waals surface area contributed by atoms with Gasteiger partial charge in [0.05, 0.1) is 0 Å². The molecule has 0 bridgehead atoms. The van der Waals surface area contributed by atoms with Crippen LogP contribution < -0.4 is 4.74 Å². The second kappa shape index (κ2) is 6.06. The molecule has 0 saturated carbocycles. The Labute approximate surface area is 109 Å². The van der Waals surface area contributed by atoms with E-state index < -0.39 is 0 Å². The van der Waals surface area contributed by atoms with Crippen molar-refractivity contribution in [2.45, 2.75) is 20.3 Å². The van der Waals surface area contributed by atoms with Crippen molar-refractivity contribution in [1.82, 2.24) is 0 Å². The molecule has 0 spiro atoms. The fourth-order valence-corrected chi connectivity index (χ4v) is 1.83. The van der Waals surface area contributed by atoms with Gasteiger partial charge in [0.1, 0.15) is 11.5 Å². The second-order valence-electron chi connectivity index (χ2n) is 4.23. The van der Waals surface area contributed by atoms with E-state index in [0.717, 1.165) is 17.9 Å². The Balaban J connectivity index is 2.11. The zero-order chi connectivity index (χ0) is 12.8. The van der Waals surface area contributed by atoms with Crippen LogP contribution in [-0.4, -0.2) is 0 Å². The fourth-order valence-electron chi connectivity index (χ4n) is 1.83. The quantitative estimate of drug-likeness (QED) is 0.703. The minimum Gasteiger partial charge on any atom is -0.457 e. The van der Waals surface area contributed by atoms with E-state index in [1.165, 1.54) is 11.1 Å². The van der Waals surface area contributed by atoms with Crippen LogP contribution in [0, 0.1) is 0 Å². The molecule has 1 nitrogen and oxygen atoms in total. The molecular weight excluding hydrogens is 220 g/mol. The molecule has 0 aliphatic heterocycles. The molecule has 0 amide bonds. The number of ether oxygens (including phenoxy) is 1. The summed E-state index contributed by atoms with van der Waals surface area (Å²) in [7, 11) is 0. The lowest BCUT2D eigenvalue weighted by Crippen LogP contribution is -1.85. The van der Waals surface area contributed by atoms with E-state index in [4.69, 9.17) is 4.74 Å². The molecule has 18 heavy (non-hydrogen) atoms. The minimum atomic E-state index is 0.867. The van der Waals surface area contributed by atoms with Gasteiger partial charge in [0, 0.05) is 0 Å². The molecule has 2 aromatic rings. The predicted octanol–water partition coefficient (Wildman–Crippen LogP) is 5.29. The largest absolute Gasteiger partial charge is 0.457 e. The van der Waals surface area contributed by atoms with Gasteiger partial charge in [0.25, 0.3) is 0 Å². The minimum absolute atomic E-state index is 0.867. The van der Waals surface area contributed by atoms with Gasteiger partial charge in [-0.1, -0.05) is 43.3 Å². The highest BCUT2D eigenvalue weighted by Crippen LogP contribution is 2.23. The summed E-state index contributed by atoms with van der Waals surface area (Å²) in [5.74, 6) is 1.74. The number of benzene rings is 2. The highest BCUT2D eigenvalue weighted by molar-refractivity contribution is 5.64. The van der Waals surface area contributed by atoms with Crippen LogP contribution in [0.5, 0.6) is 11.5 Å². The van der Waals surface area contributed by atoms with Crippen molar-refractivity contribution in [3.05, 3.63) is 66.2 Å². The summed E-state index contributed by atoms with van der Waals surface area (Å²) in [5, 5.41) is 0. The summed E-state index contributed by atoms with van der Waals surface area (Å²) in [6.45, 7) is 4.28. The molecule has 2 aromatic carbocycles. The van der Waals surface area contributed by atoms with Gasteiger partial charge in [-0.15, -0.1) is 0 Å². The number of allylic oxidation sites excluding steroid dienone is 2. The molecule has 0 unspecified atom stereocenters. The van der Waals surface area contributed by atoms with Crippen LogP contribution in [0.25, 0.3) is 5.57 Å². The van der Waals surface area contributed by atoms with Crippen molar-refractivity contribution in [2.24, 2.45) is 0 Å². The average Bonchev–Trinajstić information content (AvgIpc) is 2.41. The van der Waals surface area contributed by atoms with Gasteiger partial charge < -0.3 is 4.74 Å². The van der Waals surface area contributed by atoms with E-state index in [9.17, 15) is 0 Å². The lowest BCUT2D eigenvalue weighted by atomic mass is 10.1. The summed E-state index contributed by atoms with van der Waals surface area (Å²) in [5.41, 5.74) is 2.56. The van der Waals surface area contributed by atoms with E-state index in [1.54, 1.807) is 0 Å². The fraction of sp³-hybridized carbons (Fsp3) is 0.176. The van der Waals surface area contributed by atoms with Crippen molar-refractivity contribution in [3.63, 3.8) is 0 Å². The maximum atomic E-state index is 5.75. The van der Waals surface area contributed by atoms with Crippen molar-refractivity contribution in [1.29, 1.82) is 0 Å². The molecule has 0 aromatic heterocycles. The summed E-state index contributed by atoms with van der Waals surface area (Å²) >= 11 is 0. The average molecular weight is 238 g/mol. The first kappa shape index (κ1) is 12.4. The van der Waals surface area contributed by atoms with E-state index in [2.05, 4.69) is 32.1 Å². The molecule has 0 fully saturated rings. The van der Waals surface area contributed by atoms with Crippen LogP contribution in [0.3, 0.4) is 0 Å². The van der Waals surface area contributed by atoms with E-state index in [1.807, 2.05) is 42.5 Å². The molecule has 92 valence electrons. The number of rotatable bonds is 4. The van der Waals surface area contributed by atoms with E-state index in [-0.39, 0.29) is 0 Å². The maximum absolute atomic E-state index is 5.75. The summed E-state index contributed by atoms with van der Waals surface area (Å²) in [6.07, 6.45) is 3.29. The smallest absolute Gasteiger partial charge is 0.127 e. The van der Waals surface area contributed by atoms with Gasteiger partial charge >= 0.3 is 0 Å². The Bertz CT molecular complexity index is 509. The van der Waals surface area contributed by atoms with Crippen molar-refractivity contribution in [2.75, 3.05) is 0 Å². The predicted molar refractivity (Wildman–Crippen MR) is 76.9 cm³/mol. The van der Waals surface area contributed by atoms with Crippen LogP contribution in [0.15, 0.2) is 60.7 Å². The molecule has 0 aliphatic rings. The number of hydrogen-bond donors (Lipinski definition) is 0. The van der Waals surface area contributed by atoms with Crippen LogP contribution in [0.4, 0.5) is 0 Å². The standard InChI is InChI=1S/C17H18O/c1-3-7-14(2)15-10-12-17(13-11-15)18-16-8-5-4-6-9-16/h4-13H,3H2,1-2H3. The number of para-hydroxylation sites is 1. The monoisotopic (exact) mass is 238 g/mol. The van der Waals surface area contributed by atoms with Gasteiger partial charge in [-0.2, -0.15) is 0 Å². The van der Waals surface area contributed by atoms with Crippen LogP contribution in [0.1, 0.15) is 25.8 Å². The zero-order valence-corrected chi connectivity index (χ0v) is 10.9. The van der Waals surface area contributed by atoms with Crippen molar-refractivity contribution >= 4 is 5.57 Å². The molecule has 0 N–H and O–H groups in total. The lowest BCUT2D eigenvalue weighted by Gasteiger charge is -2.07. The van der Waals surface area contributed by atoms with Crippen LogP contribution in [0.2, 0.25) is 0 Å². The van der Waals surface area contributed by atoms with E-state index >= 15 is 0 Å². The van der Waals surface area contributed by atoms with Crippen LogP contribution >= 0.6 is 0 Å². The maximum Gasteiger partial charge on any atom is 0.127 e. The van der Waals surface area contributed by atoms with E-state index in [0.29, 0.717) is 0 Å². The first-order valence-electron chi connectivity index (χ1n) is 6.29. The molecule has 0 atom stereocenters. The van der Waals surface area contributed by atoms with Gasteiger partial charge in [-0.3, -0.25) is 0 Å². The Hall–Kier alpha value is -2.02. The first-order chi connectivity index (χ1) is 8.79. The molecule has 0 radical (unpaired) electrons. The Kier molecular flexibility index (Phi) is 4.19.